The number of carboxylic acid groups (broad SMARTS) is 1. The van der Waals surface area contributed by atoms with Crippen LogP contribution < -0.4 is 5.32 Å². The molecule has 2 N–H and O–H groups in total. The average molecular weight is 429 g/mol. The van der Waals surface area contributed by atoms with Crippen LogP contribution in [-0.4, -0.2) is 41.3 Å². The van der Waals surface area contributed by atoms with Crippen molar-refractivity contribution in [2.24, 2.45) is 0 Å². The molecule has 0 spiro atoms. The van der Waals surface area contributed by atoms with Gasteiger partial charge in [0.15, 0.2) is 0 Å². The van der Waals surface area contributed by atoms with Crippen molar-refractivity contribution in [3.63, 3.8) is 0 Å². The first-order chi connectivity index (χ1) is 14.0. The maximum atomic E-state index is 12.0. The van der Waals surface area contributed by atoms with Crippen molar-refractivity contribution < 1.29 is 14.7 Å². The normalized spacial score (nSPS) is 12.6. The van der Waals surface area contributed by atoms with Crippen molar-refractivity contribution in [3.05, 3.63) is 12.2 Å². The Labute approximate surface area is 182 Å². The largest absolute Gasteiger partial charge is 0.480 e. The lowest BCUT2D eigenvalue weighted by Gasteiger charge is -2.13. The highest BCUT2D eigenvalue weighted by Crippen LogP contribution is 2.10. The molecule has 1 amide bonds. The van der Waals surface area contributed by atoms with Crippen molar-refractivity contribution in [1.29, 1.82) is 0 Å². The molecular formula is C24H46NO3S+. The summed E-state index contributed by atoms with van der Waals surface area (Å²) in [5.74, 6) is -0.208. The standard InChI is InChI=1S/C24H45NO3S/c1-4-5-6-7-8-9-10-11-12-13-14-15-16-17-18-19-23(26)25-22(24(27)28)20-21-29(2)3/h11-12,22H,4-10,13-21H2,1-3H3,(H-,25,26,27,28)/p+1/b12-11-/t22-/m1/s1. The molecule has 0 aromatic heterocycles. The first-order valence-electron chi connectivity index (χ1n) is 11.7. The summed E-state index contributed by atoms with van der Waals surface area (Å²) in [4.78, 5) is 23.2. The number of carbonyl (C=O) groups excluding carboxylic acids is 1. The van der Waals surface area contributed by atoms with Crippen LogP contribution in [0, 0.1) is 0 Å². The second-order valence-electron chi connectivity index (χ2n) is 8.27. The zero-order valence-electron chi connectivity index (χ0n) is 19.2. The third kappa shape index (κ3) is 20.1. The first-order valence-corrected chi connectivity index (χ1v) is 13.9. The number of aliphatic carboxylic acids is 1. The summed E-state index contributed by atoms with van der Waals surface area (Å²) in [5, 5.41) is 11.9. The van der Waals surface area contributed by atoms with Gasteiger partial charge in [-0.15, -0.1) is 0 Å². The van der Waals surface area contributed by atoms with E-state index in [2.05, 4.69) is 36.9 Å². The molecule has 0 heterocycles. The quantitative estimate of drug-likeness (QED) is 0.145. The van der Waals surface area contributed by atoms with E-state index in [1.807, 2.05) is 0 Å². The third-order valence-electron chi connectivity index (χ3n) is 5.11. The number of carbonyl (C=O) groups is 2. The summed E-state index contributed by atoms with van der Waals surface area (Å²) in [6.45, 7) is 2.26. The Morgan fingerprint density at radius 3 is 1.90 bits per heavy atom. The molecule has 0 aromatic carbocycles. The highest BCUT2D eigenvalue weighted by molar-refractivity contribution is 7.95. The Morgan fingerprint density at radius 2 is 1.38 bits per heavy atom. The van der Waals surface area contributed by atoms with Crippen molar-refractivity contribution in [3.8, 4) is 0 Å². The molecule has 0 radical (unpaired) electrons. The zero-order valence-corrected chi connectivity index (χ0v) is 20.0. The van der Waals surface area contributed by atoms with Crippen LogP contribution in [-0.2, 0) is 20.5 Å². The lowest BCUT2D eigenvalue weighted by molar-refractivity contribution is -0.141. The van der Waals surface area contributed by atoms with Gasteiger partial charge in [0.1, 0.15) is 11.8 Å². The number of carboxylic acids is 1. The smallest absolute Gasteiger partial charge is 0.326 e. The minimum absolute atomic E-state index is 0.123. The fourth-order valence-corrected chi connectivity index (χ4v) is 3.94. The van der Waals surface area contributed by atoms with Crippen LogP contribution in [0.3, 0.4) is 0 Å². The van der Waals surface area contributed by atoms with Crippen LogP contribution in [0.2, 0.25) is 0 Å². The molecule has 0 rings (SSSR count). The molecule has 0 aliphatic rings. The van der Waals surface area contributed by atoms with Gasteiger partial charge in [-0.05, 0) is 43.0 Å². The molecule has 0 aromatic rings. The predicted molar refractivity (Wildman–Crippen MR) is 128 cm³/mol. The Morgan fingerprint density at radius 1 is 0.862 bits per heavy atom. The predicted octanol–water partition coefficient (Wildman–Crippen LogP) is 5.86. The fourth-order valence-electron chi connectivity index (χ4n) is 3.23. The van der Waals surface area contributed by atoms with E-state index in [0.717, 1.165) is 31.4 Å². The molecule has 1 atom stereocenters. The van der Waals surface area contributed by atoms with Crippen LogP contribution in [0.1, 0.15) is 103 Å². The monoisotopic (exact) mass is 428 g/mol. The van der Waals surface area contributed by atoms with Gasteiger partial charge in [-0.2, -0.15) is 0 Å². The molecular weight excluding hydrogens is 382 g/mol. The lowest BCUT2D eigenvalue weighted by Crippen LogP contribution is -2.41. The minimum atomic E-state index is -0.923. The van der Waals surface area contributed by atoms with E-state index < -0.39 is 12.0 Å². The fraction of sp³-hybridized carbons (Fsp3) is 0.833. The Kier molecular flexibility index (Phi) is 19.6. The highest BCUT2D eigenvalue weighted by atomic mass is 32.2. The van der Waals surface area contributed by atoms with Crippen LogP contribution in [0.25, 0.3) is 0 Å². The molecule has 29 heavy (non-hydrogen) atoms. The molecule has 0 saturated carbocycles. The van der Waals surface area contributed by atoms with Crippen LogP contribution in [0.4, 0.5) is 0 Å². The summed E-state index contributed by atoms with van der Waals surface area (Å²) < 4.78 is 0. The molecule has 0 aliphatic carbocycles. The van der Waals surface area contributed by atoms with Gasteiger partial charge in [0, 0.05) is 12.8 Å². The van der Waals surface area contributed by atoms with E-state index >= 15 is 0 Å². The molecule has 0 saturated heterocycles. The van der Waals surface area contributed by atoms with Gasteiger partial charge in [0.25, 0.3) is 0 Å². The SMILES string of the molecule is CCCCCCCC/C=C\CCCCCCCC(=O)N[C@H](CC[S+](C)C)C(=O)O. The Bertz CT molecular complexity index is 438. The number of allylic oxidation sites excluding steroid dienone is 2. The molecule has 4 nitrogen and oxygen atoms in total. The van der Waals surface area contributed by atoms with Crippen molar-refractivity contribution in [1.82, 2.24) is 5.32 Å². The molecule has 0 fully saturated rings. The maximum Gasteiger partial charge on any atom is 0.326 e. The average Bonchev–Trinajstić information content (AvgIpc) is 2.67. The van der Waals surface area contributed by atoms with E-state index in [9.17, 15) is 14.7 Å². The second-order valence-corrected chi connectivity index (χ2v) is 10.7. The van der Waals surface area contributed by atoms with Crippen molar-refractivity contribution in [2.45, 2.75) is 109 Å². The Balaban J connectivity index is 3.53. The molecule has 0 bridgehead atoms. The van der Waals surface area contributed by atoms with E-state index in [1.165, 1.54) is 57.8 Å². The number of hydrogen-bond acceptors (Lipinski definition) is 2. The first kappa shape index (κ1) is 28.0. The number of rotatable bonds is 20. The van der Waals surface area contributed by atoms with Gasteiger partial charge in [-0.1, -0.05) is 70.4 Å². The molecule has 0 unspecified atom stereocenters. The maximum absolute atomic E-state index is 12.0. The topological polar surface area (TPSA) is 66.4 Å². The van der Waals surface area contributed by atoms with E-state index in [-0.39, 0.29) is 16.8 Å². The highest BCUT2D eigenvalue weighted by Gasteiger charge is 2.21. The summed E-state index contributed by atoms with van der Waals surface area (Å²) >= 11 is 0. The summed E-state index contributed by atoms with van der Waals surface area (Å²) in [7, 11) is 0.197. The summed E-state index contributed by atoms with van der Waals surface area (Å²) in [6, 6.07) is -0.736. The van der Waals surface area contributed by atoms with Crippen LogP contribution >= 0.6 is 0 Å². The lowest BCUT2D eigenvalue weighted by atomic mass is 10.1. The van der Waals surface area contributed by atoms with E-state index in [0.29, 0.717) is 12.8 Å². The third-order valence-corrected chi connectivity index (χ3v) is 6.17. The summed E-state index contributed by atoms with van der Waals surface area (Å²) in [5.41, 5.74) is 0. The van der Waals surface area contributed by atoms with E-state index in [1.54, 1.807) is 0 Å². The van der Waals surface area contributed by atoms with E-state index in [4.69, 9.17) is 0 Å². The molecule has 170 valence electrons. The minimum Gasteiger partial charge on any atom is -0.480 e. The Hall–Kier alpha value is -0.970. The van der Waals surface area contributed by atoms with Gasteiger partial charge in [0.2, 0.25) is 5.91 Å². The van der Waals surface area contributed by atoms with Crippen LogP contribution in [0.5, 0.6) is 0 Å². The van der Waals surface area contributed by atoms with Crippen molar-refractivity contribution in [2.75, 3.05) is 18.3 Å². The molecule has 5 heteroatoms. The van der Waals surface area contributed by atoms with Gasteiger partial charge in [0.05, 0.1) is 12.5 Å². The van der Waals surface area contributed by atoms with Gasteiger partial charge in [-0.3, -0.25) is 4.79 Å². The summed E-state index contributed by atoms with van der Waals surface area (Å²) in [6.07, 6.45) is 25.8. The number of hydrogen-bond donors (Lipinski definition) is 2. The second kappa shape index (κ2) is 20.3. The van der Waals surface area contributed by atoms with Gasteiger partial charge < -0.3 is 10.4 Å². The van der Waals surface area contributed by atoms with Crippen molar-refractivity contribution >= 4 is 22.8 Å². The number of unbranched alkanes of at least 4 members (excludes halogenated alkanes) is 11. The van der Waals surface area contributed by atoms with Gasteiger partial charge in [-0.25, -0.2) is 4.79 Å². The molecule has 0 aliphatic heterocycles. The zero-order chi connectivity index (χ0) is 21.7. The van der Waals surface area contributed by atoms with Crippen LogP contribution in [0.15, 0.2) is 12.2 Å². The number of nitrogens with one attached hydrogen (secondary N) is 1. The van der Waals surface area contributed by atoms with Gasteiger partial charge >= 0.3 is 5.97 Å². The number of amides is 1.